The number of nitrogens with one attached hydrogen (secondary N) is 1. The molecular formula is C24H31N3OS. The first-order valence-electron chi connectivity index (χ1n) is 10.8. The molecule has 1 saturated heterocycles. The van der Waals surface area contributed by atoms with E-state index >= 15 is 0 Å². The van der Waals surface area contributed by atoms with E-state index in [0.717, 1.165) is 30.7 Å². The Morgan fingerprint density at radius 2 is 1.93 bits per heavy atom. The van der Waals surface area contributed by atoms with Crippen LogP contribution in [-0.4, -0.2) is 40.5 Å². The normalized spacial score (nSPS) is 20.2. The van der Waals surface area contributed by atoms with Crippen LogP contribution < -0.4 is 5.32 Å². The molecule has 0 bridgehead atoms. The van der Waals surface area contributed by atoms with Crippen molar-refractivity contribution in [3.05, 3.63) is 47.8 Å². The fourth-order valence-corrected chi connectivity index (χ4v) is 5.36. The fourth-order valence-electron chi connectivity index (χ4n) is 4.61. The van der Waals surface area contributed by atoms with Crippen molar-refractivity contribution in [3.63, 3.8) is 0 Å². The third-order valence-electron chi connectivity index (χ3n) is 6.18. The second-order valence-electron chi connectivity index (χ2n) is 8.22. The fraction of sp³-hybridized carbons (Fsp3) is 0.458. The van der Waals surface area contributed by atoms with Gasteiger partial charge in [0.15, 0.2) is 0 Å². The Hall–Kier alpha value is -2.11. The first kappa shape index (κ1) is 20.2. The van der Waals surface area contributed by atoms with E-state index < -0.39 is 0 Å². The zero-order chi connectivity index (χ0) is 20.2. The van der Waals surface area contributed by atoms with Gasteiger partial charge in [0.05, 0.1) is 10.6 Å². The van der Waals surface area contributed by atoms with Crippen molar-refractivity contribution in [3.8, 4) is 10.6 Å². The number of thiophene rings is 1. The Morgan fingerprint density at radius 3 is 2.69 bits per heavy atom. The zero-order valence-corrected chi connectivity index (χ0v) is 18.3. The van der Waals surface area contributed by atoms with E-state index in [4.69, 9.17) is 0 Å². The largest absolute Gasteiger partial charge is 0.355 e. The highest BCUT2D eigenvalue weighted by molar-refractivity contribution is 7.13. The minimum atomic E-state index is 0.0869. The number of para-hydroxylation sites is 1. The molecule has 0 radical (unpaired) electrons. The van der Waals surface area contributed by atoms with Crippen LogP contribution in [0.15, 0.2) is 47.8 Å². The molecule has 4 rings (SSSR count). The summed E-state index contributed by atoms with van der Waals surface area (Å²) in [4.78, 5) is 16.5. The molecule has 0 aliphatic carbocycles. The van der Waals surface area contributed by atoms with Gasteiger partial charge in [0.25, 0.3) is 0 Å². The van der Waals surface area contributed by atoms with Gasteiger partial charge in [-0.3, -0.25) is 9.69 Å². The van der Waals surface area contributed by atoms with Crippen molar-refractivity contribution < 1.29 is 4.79 Å². The molecule has 0 spiro atoms. The van der Waals surface area contributed by atoms with Gasteiger partial charge in [-0.1, -0.05) is 30.7 Å². The number of piperidine rings is 1. The van der Waals surface area contributed by atoms with Crippen molar-refractivity contribution in [2.45, 2.75) is 58.2 Å². The van der Waals surface area contributed by atoms with Crippen LogP contribution in [0.4, 0.5) is 0 Å². The lowest BCUT2D eigenvalue weighted by molar-refractivity contribution is -0.121. The Bertz CT molecular complexity index is 936. The first-order chi connectivity index (χ1) is 14.1. The molecule has 1 aliphatic heterocycles. The van der Waals surface area contributed by atoms with Gasteiger partial charge in [-0.15, -0.1) is 11.3 Å². The average Bonchev–Trinajstić information content (AvgIpc) is 3.35. The Morgan fingerprint density at radius 1 is 1.14 bits per heavy atom. The van der Waals surface area contributed by atoms with Crippen molar-refractivity contribution >= 4 is 28.1 Å². The van der Waals surface area contributed by atoms with E-state index in [2.05, 4.69) is 64.3 Å². The van der Waals surface area contributed by atoms with Crippen LogP contribution in [0.25, 0.3) is 21.5 Å². The predicted molar refractivity (Wildman–Crippen MR) is 122 cm³/mol. The Labute approximate surface area is 177 Å². The lowest BCUT2D eigenvalue weighted by Crippen LogP contribution is -2.44. The molecule has 3 aromatic rings. The molecule has 0 saturated carbocycles. The van der Waals surface area contributed by atoms with E-state index in [1.165, 1.54) is 29.5 Å². The van der Waals surface area contributed by atoms with Crippen molar-refractivity contribution in [1.82, 2.24) is 14.8 Å². The number of fused-ring (bicyclic) bond motifs is 1. The van der Waals surface area contributed by atoms with E-state index in [1.54, 1.807) is 11.3 Å². The van der Waals surface area contributed by atoms with E-state index in [9.17, 15) is 4.79 Å². The monoisotopic (exact) mass is 409 g/mol. The summed E-state index contributed by atoms with van der Waals surface area (Å²) in [6, 6.07) is 16.0. The van der Waals surface area contributed by atoms with Crippen LogP contribution in [0.1, 0.15) is 39.5 Å². The number of nitrogens with zero attached hydrogens (tertiary/aromatic N) is 2. The number of hydrogen-bond acceptors (Lipinski definition) is 3. The summed E-state index contributed by atoms with van der Waals surface area (Å²) in [5, 5.41) is 6.41. The minimum absolute atomic E-state index is 0.0869. The van der Waals surface area contributed by atoms with Gasteiger partial charge < -0.3 is 9.88 Å². The highest BCUT2D eigenvalue weighted by atomic mass is 32.1. The summed E-state index contributed by atoms with van der Waals surface area (Å²) in [6.45, 7) is 6.82. The lowest BCUT2D eigenvalue weighted by atomic mass is 9.97. The Balaban J connectivity index is 1.37. The van der Waals surface area contributed by atoms with Gasteiger partial charge in [0.2, 0.25) is 5.91 Å². The number of hydrogen-bond donors (Lipinski definition) is 1. The molecule has 29 heavy (non-hydrogen) atoms. The van der Waals surface area contributed by atoms with E-state index in [1.807, 2.05) is 12.1 Å². The third kappa shape index (κ3) is 4.57. The van der Waals surface area contributed by atoms with Gasteiger partial charge in [-0.25, -0.2) is 0 Å². The topological polar surface area (TPSA) is 37.3 Å². The highest BCUT2D eigenvalue weighted by Gasteiger charge is 2.23. The number of benzene rings is 1. The highest BCUT2D eigenvalue weighted by Crippen LogP contribution is 2.31. The number of likely N-dealkylation sites (tertiary alicyclic amines) is 1. The summed E-state index contributed by atoms with van der Waals surface area (Å²) in [6.07, 6.45) is 4.93. The summed E-state index contributed by atoms with van der Waals surface area (Å²) in [7, 11) is 0. The summed E-state index contributed by atoms with van der Waals surface area (Å²) < 4.78 is 2.14. The number of amides is 1. The third-order valence-corrected chi connectivity index (χ3v) is 7.07. The van der Waals surface area contributed by atoms with E-state index in [0.29, 0.717) is 18.6 Å². The van der Waals surface area contributed by atoms with Gasteiger partial charge in [0.1, 0.15) is 6.54 Å². The van der Waals surface area contributed by atoms with Crippen molar-refractivity contribution in [1.29, 1.82) is 0 Å². The average molecular weight is 410 g/mol. The molecule has 1 N–H and O–H groups in total. The SMILES string of the molecule is C[C@@H]1CCC[C@H](C)N1CCCNC(=O)Cn1c(-c2cccs2)cc2ccccc21. The number of carbonyl (C=O) groups is 1. The molecule has 4 nitrogen and oxygen atoms in total. The summed E-state index contributed by atoms with van der Waals surface area (Å²) in [5.41, 5.74) is 2.23. The predicted octanol–water partition coefficient (Wildman–Crippen LogP) is 5.14. The van der Waals surface area contributed by atoms with Gasteiger partial charge in [0, 0.05) is 36.1 Å². The molecule has 2 aromatic heterocycles. The Kier molecular flexibility index (Phi) is 6.36. The smallest absolute Gasteiger partial charge is 0.239 e. The van der Waals surface area contributed by atoms with Crippen LogP contribution in [-0.2, 0) is 11.3 Å². The summed E-state index contributed by atoms with van der Waals surface area (Å²) >= 11 is 1.71. The van der Waals surface area contributed by atoms with E-state index in [-0.39, 0.29) is 5.91 Å². The maximum atomic E-state index is 12.7. The molecule has 154 valence electrons. The zero-order valence-electron chi connectivity index (χ0n) is 17.4. The summed E-state index contributed by atoms with van der Waals surface area (Å²) in [5.74, 6) is 0.0869. The molecule has 1 amide bonds. The van der Waals surface area contributed by atoms with Crippen LogP contribution >= 0.6 is 11.3 Å². The number of carbonyl (C=O) groups excluding carboxylic acids is 1. The quantitative estimate of drug-likeness (QED) is 0.549. The second-order valence-corrected chi connectivity index (χ2v) is 9.17. The van der Waals surface area contributed by atoms with Crippen molar-refractivity contribution in [2.24, 2.45) is 0 Å². The first-order valence-corrected chi connectivity index (χ1v) is 11.7. The molecule has 5 heteroatoms. The molecule has 0 unspecified atom stereocenters. The molecular weight excluding hydrogens is 378 g/mol. The maximum Gasteiger partial charge on any atom is 0.239 e. The van der Waals surface area contributed by atoms with Crippen LogP contribution in [0.2, 0.25) is 0 Å². The van der Waals surface area contributed by atoms with Gasteiger partial charge in [-0.2, -0.15) is 0 Å². The van der Waals surface area contributed by atoms with Crippen molar-refractivity contribution in [2.75, 3.05) is 13.1 Å². The number of aromatic nitrogens is 1. The molecule has 1 aromatic carbocycles. The molecule has 3 heterocycles. The lowest BCUT2D eigenvalue weighted by Gasteiger charge is -2.39. The van der Waals surface area contributed by atoms with Gasteiger partial charge >= 0.3 is 0 Å². The second kappa shape index (κ2) is 9.14. The number of rotatable bonds is 7. The van der Waals surface area contributed by atoms with Crippen LogP contribution in [0.5, 0.6) is 0 Å². The maximum absolute atomic E-state index is 12.7. The van der Waals surface area contributed by atoms with Crippen LogP contribution in [0, 0.1) is 0 Å². The molecule has 2 atom stereocenters. The molecule has 1 aliphatic rings. The minimum Gasteiger partial charge on any atom is -0.355 e. The van der Waals surface area contributed by atoms with Crippen LogP contribution in [0.3, 0.4) is 0 Å². The van der Waals surface area contributed by atoms with Gasteiger partial charge in [-0.05, 0) is 56.7 Å². The molecule has 1 fully saturated rings. The standard InChI is InChI=1S/C24H31N3OS/c1-18-8-5-9-19(2)26(18)14-7-13-25-24(28)17-27-21-11-4-3-10-20(21)16-22(27)23-12-6-15-29-23/h3-4,6,10-12,15-16,18-19H,5,7-9,13-14,17H2,1-2H3,(H,25,28)/t18-,19+.